The van der Waals surface area contributed by atoms with E-state index in [1.807, 2.05) is 0 Å². The van der Waals surface area contributed by atoms with Crippen LogP contribution in [0.15, 0.2) is 71.6 Å². The number of hydrogen-bond donors (Lipinski definition) is 1. The van der Waals surface area contributed by atoms with Gasteiger partial charge in [0.05, 0.1) is 19.1 Å². The van der Waals surface area contributed by atoms with Crippen molar-refractivity contribution in [2.45, 2.75) is 10.7 Å². The van der Waals surface area contributed by atoms with Gasteiger partial charge in [0, 0.05) is 5.56 Å². The Bertz CT molecular complexity index is 1230. The van der Waals surface area contributed by atoms with Gasteiger partial charge in [0.15, 0.2) is 17.2 Å². The number of rotatable bonds is 8. The van der Waals surface area contributed by atoms with Gasteiger partial charge in [-0.05, 0) is 42.5 Å². The first-order chi connectivity index (χ1) is 15.3. The van der Waals surface area contributed by atoms with Crippen LogP contribution in [0.4, 0.5) is 14.5 Å². The van der Waals surface area contributed by atoms with Gasteiger partial charge >= 0.3 is 5.76 Å². The molecule has 0 saturated heterocycles. The zero-order valence-electron chi connectivity index (χ0n) is 17.0. The van der Waals surface area contributed by atoms with Gasteiger partial charge in [-0.3, -0.25) is 4.79 Å². The molecular weight excluding hydrogens is 444 g/mol. The first kappa shape index (κ1) is 23.0. The van der Waals surface area contributed by atoms with Gasteiger partial charge in [-0.25, -0.2) is 8.42 Å². The van der Waals surface area contributed by atoms with Gasteiger partial charge in [-0.1, -0.05) is 24.3 Å². The third kappa shape index (κ3) is 4.80. The zero-order valence-corrected chi connectivity index (χ0v) is 17.9. The highest BCUT2D eigenvalue weighted by Crippen LogP contribution is 2.40. The van der Waals surface area contributed by atoms with Gasteiger partial charge < -0.3 is 19.5 Å². The topological polar surface area (TPSA) is 90.9 Å². The lowest BCUT2D eigenvalue weighted by Gasteiger charge is -2.17. The standard InChI is InChI=1S/C22H19F2NO6S/c1-29-16-9-3-4-10-17(16)31-19-12-6-11-18(30-2)20(19)25-21(26)14-7-5-8-15(13-14)32(27,28)22(23)24/h3-13,22H,1-2H3,(H,25,26). The molecule has 168 valence electrons. The smallest absolute Gasteiger partial charge is 0.341 e. The Kier molecular flexibility index (Phi) is 6.94. The molecule has 0 aliphatic carbocycles. The first-order valence-electron chi connectivity index (χ1n) is 9.19. The Hall–Kier alpha value is -3.66. The number of carbonyl (C=O) groups excluding carboxylic acids is 1. The molecule has 3 aromatic carbocycles. The van der Waals surface area contributed by atoms with Crippen molar-refractivity contribution in [2.75, 3.05) is 19.5 Å². The predicted molar refractivity (Wildman–Crippen MR) is 114 cm³/mol. The Labute approximate surface area is 183 Å². The molecule has 0 aliphatic rings. The monoisotopic (exact) mass is 463 g/mol. The zero-order chi connectivity index (χ0) is 23.3. The molecule has 3 rings (SSSR count). The van der Waals surface area contributed by atoms with Crippen LogP contribution in [0.3, 0.4) is 0 Å². The maximum absolute atomic E-state index is 12.9. The number of para-hydroxylation sites is 3. The van der Waals surface area contributed by atoms with Crippen LogP contribution in [0.25, 0.3) is 0 Å². The number of anilines is 1. The van der Waals surface area contributed by atoms with E-state index in [4.69, 9.17) is 14.2 Å². The highest BCUT2D eigenvalue weighted by Gasteiger charge is 2.27. The fourth-order valence-corrected chi connectivity index (χ4v) is 3.58. The summed E-state index contributed by atoms with van der Waals surface area (Å²) in [5, 5.41) is 2.60. The molecule has 0 bridgehead atoms. The largest absolute Gasteiger partial charge is 0.494 e. The van der Waals surface area contributed by atoms with Crippen LogP contribution in [0.1, 0.15) is 10.4 Å². The van der Waals surface area contributed by atoms with E-state index in [0.717, 1.165) is 12.1 Å². The summed E-state index contributed by atoms with van der Waals surface area (Å²) in [7, 11) is -1.97. The SMILES string of the molecule is COc1ccccc1Oc1cccc(OC)c1NC(=O)c1cccc(S(=O)(=O)C(F)F)c1. The highest BCUT2D eigenvalue weighted by atomic mass is 32.2. The van der Waals surface area contributed by atoms with Crippen molar-refractivity contribution in [1.29, 1.82) is 0 Å². The van der Waals surface area contributed by atoms with Crippen molar-refractivity contribution < 1.29 is 36.2 Å². The van der Waals surface area contributed by atoms with E-state index in [9.17, 15) is 22.0 Å². The molecule has 1 amide bonds. The summed E-state index contributed by atoms with van der Waals surface area (Å²) in [6.07, 6.45) is 0. The van der Waals surface area contributed by atoms with Gasteiger partial charge in [0.2, 0.25) is 9.84 Å². The molecule has 10 heteroatoms. The molecule has 0 aromatic heterocycles. The number of ether oxygens (including phenoxy) is 3. The number of hydrogen-bond acceptors (Lipinski definition) is 6. The number of alkyl halides is 2. The fourth-order valence-electron chi connectivity index (χ4n) is 2.81. The molecular formula is C22H19F2NO6S. The van der Waals surface area contributed by atoms with Gasteiger partial charge in [0.1, 0.15) is 11.4 Å². The number of methoxy groups -OCH3 is 2. The van der Waals surface area contributed by atoms with Crippen LogP contribution in [0.5, 0.6) is 23.0 Å². The maximum atomic E-state index is 12.9. The summed E-state index contributed by atoms with van der Waals surface area (Å²) in [5.41, 5.74) is 0.0221. The second-order valence-electron chi connectivity index (χ2n) is 6.37. The minimum absolute atomic E-state index is 0.138. The van der Waals surface area contributed by atoms with E-state index in [2.05, 4.69) is 5.32 Å². The Balaban J connectivity index is 1.96. The summed E-state index contributed by atoms with van der Waals surface area (Å²) >= 11 is 0. The molecule has 3 aromatic rings. The number of halogens is 2. The van der Waals surface area contributed by atoms with Crippen molar-refractivity contribution in [3.05, 3.63) is 72.3 Å². The molecule has 32 heavy (non-hydrogen) atoms. The number of sulfone groups is 1. The number of amides is 1. The van der Waals surface area contributed by atoms with Crippen molar-refractivity contribution >= 4 is 21.4 Å². The van der Waals surface area contributed by atoms with E-state index in [-0.39, 0.29) is 22.7 Å². The molecule has 0 radical (unpaired) electrons. The third-order valence-electron chi connectivity index (χ3n) is 4.39. The lowest BCUT2D eigenvalue weighted by Crippen LogP contribution is -2.16. The van der Waals surface area contributed by atoms with Crippen molar-refractivity contribution in [1.82, 2.24) is 0 Å². The summed E-state index contributed by atoms with van der Waals surface area (Å²) < 4.78 is 65.7. The molecule has 0 saturated carbocycles. The molecule has 0 aliphatic heterocycles. The van der Waals surface area contributed by atoms with Crippen LogP contribution in [0.2, 0.25) is 0 Å². The van der Waals surface area contributed by atoms with Crippen LogP contribution in [0, 0.1) is 0 Å². The summed E-state index contributed by atoms with van der Waals surface area (Å²) in [6, 6.07) is 16.1. The normalized spacial score (nSPS) is 11.2. The Morgan fingerprint density at radius 2 is 1.44 bits per heavy atom. The van der Waals surface area contributed by atoms with Crippen LogP contribution < -0.4 is 19.5 Å². The second kappa shape index (κ2) is 9.65. The third-order valence-corrected chi connectivity index (χ3v) is 5.77. The maximum Gasteiger partial charge on any atom is 0.341 e. The molecule has 0 atom stereocenters. The van der Waals surface area contributed by atoms with Gasteiger partial charge in [-0.15, -0.1) is 0 Å². The Morgan fingerprint density at radius 3 is 2.09 bits per heavy atom. The van der Waals surface area contributed by atoms with Gasteiger partial charge in [0.25, 0.3) is 5.91 Å². The van der Waals surface area contributed by atoms with Crippen LogP contribution >= 0.6 is 0 Å². The van der Waals surface area contributed by atoms with E-state index in [1.54, 1.807) is 42.5 Å². The molecule has 0 spiro atoms. The highest BCUT2D eigenvalue weighted by molar-refractivity contribution is 7.91. The lowest BCUT2D eigenvalue weighted by molar-refractivity contribution is 0.102. The fraction of sp³-hybridized carbons (Fsp3) is 0.136. The molecule has 0 heterocycles. The molecule has 7 nitrogen and oxygen atoms in total. The number of nitrogens with one attached hydrogen (secondary N) is 1. The van der Waals surface area contributed by atoms with E-state index >= 15 is 0 Å². The molecule has 0 unspecified atom stereocenters. The molecule has 0 fully saturated rings. The van der Waals surface area contributed by atoms with Crippen LogP contribution in [-0.4, -0.2) is 34.3 Å². The summed E-state index contributed by atoms with van der Waals surface area (Å²) in [5.74, 6) is -3.02. The van der Waals surface area contributed by atoms with E-state index < -0.39 is 26.4 Å². The predicted octanol–water partition coefficient (Wildman–Crippen LogP) is 4.74. The van der Waals surface area contributed by atoms with E-state index in [0.29, 0.717) is 11.5 Å². The minimum atomic E-state index is -4.85. The van der Waals surface area contributed by atoms with Crippen molar-refractivity contribution in [3.63, 3.8) is 0 Å². The van der Waals surface area contributed by atoms with Crippen LogP contribution in [-0.2, 0) is 9.84 Å². The molecule has 1 N–H and O–H groups in total. The van der Waals surface area contributed by atoms with Crippen molar-refractivity contribution in [3.8, 4) is 23.0 Å². The quantitative estimate of drug-likeness (QED) is 0.519. The minimum Gasteiger partial charge on any atom is -0.494 e. The summed E-state index contributed by atoms with van der Waals surface area (Å²) in [6.45, 7) is 0. The number of carbonyl (C=O) groups is 1. The Morgan fingerprint density at radius 1 is 0.844 bits per heavy atom. The summed E-state index contributed by atoms with van der Waals surface area (Å²) in [4.78, 5) is 12.2. The second-order valence-corrected chi connectivity index (χ2v) is 8.29. The van der Waals surface area contributed by atoms with Crippen molar-refractivity contribution in [2.24, 2.45) is 0 Å². The van der Waals surface area contributed by atoms with E-state index in [1.165, 1.54) is 26.4 Å². The average Bonchev–Trinajstić information content (AvgIpc) is 2.80. The average molecular weight is 463 g/mol. The van der Waals surface area contributed by atoms with Gasteiger partial charge in [-0.2, -0.15) is 8.78 Å². The lowest BCUT2D eigenvalue weighted by atomic mass is 10.2. The number of benzene rings is 3. The first-order valence-corrected chi connectivity index (χ1v) is 10.7.